The van der Waals surface area contributed by atoms with Crippen LogP contribution in [0.1, 0.15) is 30.0 Å². The van der Waals surface area contributed by atoms with Gasteiger partial charge in [-0.25, -0.2) is 4.79 Å². The van der Waals surface area contributed by atoms with Crippen molar-refractivity contribution in [3.63, 3.8) is 0 Å². The first-order valence-electron chi connectivity index (χ1n) is 4.01. The Balaban J connectivity index is 2.65. The molecule has 0 aliphatic rings. The second-order valence-electron chi connectivity index (χ2n) is 3.02. The topological polar surface area (TPSA) is 75.4 Å². The van der Waals surface area contributed by atoms with Crippen LogP contribution in [-0.2, 0) is 6.54 Å². The zero-order valence-corrected chi connectivity index (χ0v) is 7.57. The lowest BCUT2D eigenvalue weighted by atomic mass is 10.2. The molecule has 0 spiro atoms. The summed E-state index contributed by atoms with van der Waals surface area (Å²) < 4.78 is 4.57. The highest BCUT2D eigenvalue weighted by Gasteiger charge is 2.14. The minimum Gasteiger partial charge on any atom is -0.475 e. The summed E-state index contributed by atoms with van der Waals surface area (Å²) in [5.74, 6) is -1.17. The van der Waals surface area contributed by atoms with Gasteiger partial charge in [0.2, 0.25) is 5.76 Å². The molecule has 1 heterocycles. The summed E-state index contributed by atoms with van der Waals surface area (Å²) in [4.78, 5) is 10.6. The van der Waals surface area contributed by atoms with Crippen LogP contribution in [0.3, 0.4) is 0 Å². The summed E-state index contributed by atoms with van der Waals surface area (Å²) in [5, 5.41) is 15.2. The van der Waals surface area contributed by atoms with Gasteiger partial charge in [0.05, 0.1) is 6.20 Å². The summed E-state index contributed by atoms with van der Waals surface area (Å²) >= 11 is 0. The van der Waals surface area contributed by atoms with Crippen LogP contribution in [0.2, 0.25) is 0 Å². The van der Waals surface area contributed by atoms with E-state index in [0.717, 1.165) is 0 Å². The molecule has 0 atom stereocenters. The zero-order valence-electron chi connectivity index (χ0n) is 7.57. The van der Waals surface area contributed by atoms with Crippen molar-refractivity contribution < 1.29 is 14.4 Å². The smallest absolute Gasteiger partial charge is 0.375 e. The molecule has 0 radical (unpaired) electrons. The number of hydrogen-bond donors (Lipinski definition) is 2. The van der Waals surface area contributed by atoms with Crippen LogP contribution in [0.25, 0.3) is 0 Å². The molecule has 1 aromatic heterocycles. The van der Waals surface area contributed by atoms with Gasteiger partial charge in [0.25, 0.3) is 0 Å². The average molecular weight is 184 g/mol. The largest absolute Gasteiger partial charge is 0.475 e. The molecular formula is C8H12N2O3. The quantitative estimate of drug-likeness (QED) is 0.726. The molecule has 72 valence electrons. The van der Waals surface area contributed by atoms with Gasteiger partial charge in [-0.05, 0) is 0 Å². The molecule has 0 aliphatic heterocycles. The number of carboxylic acids is 1. The molecule has 0 bridgehead atoms. The van der Waals surface area contributed by atoms with E-state index in [1.54, 1.807) is 0 Å². The first-order chi connectivity index (χ1) is 6.11. The number of nitrogens with one attached hydrogen (secondary N) is 1. The molecular weight excluding hydrogens is 172 g/mol. The normalized spacial score (nSPS) is 10.7. The Morgan fingerprint density at radius 1 is 1.77 bits per heavy atom. The highest BCUT2D eigenvalue weighted by Crippen LogP contribution is 2.07. The van der Waals surface area contributed by atoms with Crippen molar-refractivity contribution in [2.75, 3.05) is 0 Å². The third kappa shape index (κ3) is 2.55. The molecule has 0 fully saturated rings. The van der Waals surface area contributed by atoms with Crippen LogP contribution in [0, 0.1) is 0 Å². The predicted molar refractivity (Wildman–Crippen MR) is 45.4 cm³/mol. The Hall–Kier alpha value is -1.36. The fourth-order valence-electron chi connectivity index (χ4n) is 0.876. The molecule has 5 nitrogen and oxygen atoms in total. The molecule has 0 unspecified atom stereocenters. The van der Waals surface area contributed by atoms with Gasteiger partial charge in [0, 0.05) is 18.2 Å². The Morgan fingerprint density at radius 3 is 3.00 bits per heavy atom. The third-order valence-corrected chi connectivity index (χ3v) is 1.54. The molecule has 0 aromatic carbocycles. The van der Waals surface area contributed by atoms with Gasteiger partial charge < -0.3 is 14.9 Å². The Bertz CT molecular complexity index is 293. The van der Waals surface area contributed by atoms with Crippen molar-refractivity contribution in [3.8, 4) is 0 Å². The molecule has 0 saturated heterocycles. The van der Waals surface area contributed by atoms with Gasteiger partial charge in [-0.2, -0.15) is 0 Å². The maximum Gasteiger partial charge on any atom is 0.375 e. The van der Waals surface area contributed by atoms with Crippen LogP contribution in [0.15, 0.2) is 10.7 Å². The molecule has 1 rings (SSSR count). The summed E-state index contributed by atoms with van der Waals surface area (Å²) in [6.45, 7) is 4.42. The van der Waals surface area contributed by atoms with Crippen molar-refractivity contribution in [2.45, 2.75) is 26.4 Å². The van der Waals surface area contributed by atoms with E-state index in [1.165, 1.54) is 6.20 Å². The number of carbonyl (C=O) groups is 1. The first kappa shape index (κ1) is 9.73. The van der Waals surface area contributed by atoms with Crippen LogP contribution < -0.4 is 5.32 Å². The van der Waals surface area contributed by atoms with Crippen molar-refractivity contribution in [1.82, 2.24) is 10.5 Å². The molecule has 0 saturated carbocycles. The predicted octanol–water partition coefficient (Wildman–Crippen LogP) is 0.871. The fraction of sp³-hybridized carbons (Fsp3) is 0.500. The number of nitrogens with zero attached hydrogens (tertiary/aromatic N) is 1. The molecule has 13 heavy (non-hydrogen) atoms. The number of aromatic carboxylic acids is 1. The number of aromatic nitrogens is 1. The zero-order chi connectivity index (χ0) is 9.84. The third-order valence-electron chi connectivity index (χ3n) is 1.54. The SMILES string of the molecule is CC(C)NCc1cnoc1C(=O)O. The van der Waals surface area contributed by atoms with Crippen LogP contribution in [0.4, 0.5) is 0 Å². The Labute approximate surface area is 75.7 Å². The molecule has 1 aromatic rings. The number of hydrogen-bond acceptors (Lipinski definition) is 4. The standard InChI is InChI=1S/C8H12N2O3/c1-5(2)9-3-6-4-10-13-7(6)8(11)12/h4-5,9H,3H2,1-2H3,(H,11,12). The fourth-order valence-corrected chi connectivity index (χ4v) is 0.876. The van der Waals surface area contributed by atoms with Gasteiger partial charge in [0.1, 0.15) is 0 Å². The number of rotatable bonds is 4. The minimum absolute atomic E-state index is 0.0897. The summed E-state index contributed by atoms with van der Waals surface area (Å²) in [6.07, 6.45) is 1.42. The lowest BCUT2D eigenvalue weighted by Gasteiger charge is -2.05. The van der Waals surface area contributed by atoms with E-state index in [9.17, 15) is 4.79 Å². The Morgan fingerprint density at radius 2 is 2.46 bits per heavy atom. The van der Waals surface area contributed by atoms with E-state index in [0.29, 0.717) is 18.2 Å². The monoisotopic (exact) mass is 184 g/mol. The lowest BCUT2D eigenvalue weighted by Crippen LogP contribution is -2.22. The summed E-state index contributed by atoms with van der Waals surface area (Å²) in [5.41, 5.74) is 0.571. The summed E-state index contributed by atoms with van der Waals surface area (Å²) in [6, 6.07) is 0.302. The highest BCUT2D eigenvalue weighted by atomic mass is 16.5. The molecule has 5 heteroatoms. The van der Waals surface area contributed by atoms with E-state index < -0.39 is 5.97 Å². The van der Waals surface area contributed by atoms with Gasteiger partial charge >= 0.3 is 5.97 Å². The second-order valence-corrected chi connectivity index (χ2v) is 3.02. The molecule has 0 amide bonds. The Kier molecular flexibility index (Phi) is 3.02. The van der Waals surface area contributed by atoms with E-state index in [1.807, 2.05) is 13.8 Å². The number of carboxylic acid groups (broad SMARTS) is 1. The maximum atomic E-state index is 10.6. The average Bonchev–Trinajstić information content (AvgIpc) is 2.47. The van der Waals surface area contributed by atoms with E-state index in [-0.39, 0.29) is 5.76 Å². The van der Waals surface area contributed by atoms with Crippen molar-refractivity contribution in [3.05, 3.63) is 17.5 Å². The minimum atomic E-state index is -1.09. The van der Waals surface area contributed by atoms with Crippen LogP contribution in [-0.4, -0.2) is 22.3 Å². The van der Waals surface area contributed by atoms with Crippen LogP contribution in [0.5, 0.6) is 0 Å². The van der Waals surface area contributed by atoms with Crippen molar-refractivity contribution in [2.24, 2.45) is 0 Å². The van der Waals surface area contributed by atoms with E-state index in [4.69, 9.17) is 5.11 Å². The second kappa shape index (κ2) is 4.04. The molecule has 0 aliphatic carbocycles. The molecule has 2 N–H and O–H groups in total. The maximum absolute atomic E-state index is 10.6. The van der Waals surface area contributed by atoms with Gasteiger partial charge in [-0.15, -0.1) is 0 Å². The van der Waals surface area contributed by atoms with Gasteiger partial charge in [-0.3, -0.25) is 0 Å². The van der Waals surface area contributed by atoms with Crippen LogP contribution >= 0.6 is 0 Å². The van der Waals surface area contributed by atoms with Crippen molar-refractivity contribution >= 4 is 5.97 Å². The van der Waals surface area contributed by atoms with E-state index in [2.05, 4.69) is 15.0 Å². The van der Waals surface area contributed by atoms with Crippen molar-refractivity contribution in [1.29, 1.82) is 0 Å². The highest BCUT2D eigenvalue weighted by molar-refractivity contribution is 5.85. The van der Waals surface area contributed by atoms with Gasteiger partial charge in [0.15, 0.2) is 0 Å². The van der Waals surface area contributed by atoms with E-state index >= 15 is 0 Å². The lowest BCUT2D eigenvalue weighted by molar-refractivity contribution is 0.0650. The first-order valence-corrected chi connectivity index (χ1v) is 4.01. The van der Waals surface area contributed by atoms with Gasteiger partial charge in [-0.1, -0.05) is 19.0 Å². The summed E-state index contributed by atoms with van der Waals surface area (Å²) in [7, 11) is 0.